The van der Waals surface area contributed by atoms with E-state index >= 15 is 0 Å². The Kier molecular flexibility index (Phi) is 9.85. The van der Waals surface area contributed by atoms with Gasteiger partial charge >= 0.3 is 0 Å². The van der Waals surface area contributed by atoms with Gasteiger partial charge in [0.1, 0.15) is 5.56 Å². The van der Waals surface area contributed by atoms with Crippen LogP contribution in [-0.2, 0) is 0 Å². The molecule has 0 unspecified atom stereocenters. The van der Waals surface area contributed by atoms with Gasteiger partial charge in [-0.2, -0.15) is 0 Å². The van der Waals surface area contributed by atoms with Crippen LogP contribution in [0.25, 0.3) is 0 Å². The molecule has 8 heteroatoms. The summed E-state index contributed by atoms with van der Waals surface area (Å²) >= 11 is 1.45. The summed E-state index contributed by atoms with van der Waals surface area (Å²) in [5.41, 5.74) is -0.0247. The number of amides is 1. The van der Waals surface area contributed by atoms with E-state index in [-0.39, 0.29) is 29.6 Å². The third-order valence-electron chi connectivity index (χ3n) is 4.34. The lowest BCUT2D eigenvalue weighted by Crippen LogP contribution is -2.37. The van der Waals surface area contributed by atoms with Crippen LogP contribution in [0.4, 0.5) is 5.69 Å². The first-order valence-corrected chi connectivity index (χ1v) is 9.68. The average molecular weight is 388 g/mol. The Labute approximate surface area is 159 Å². The predicted molar refractivity (Wildman–Crippen MR) is 104 cm³/mol. The van der Waals surface area contributed by atoms with Crippen LogP contribution in [0.15, 0.2) is 23.1 Å². The molecule has 1 aromatic rings. The van der Waals surface area contributed by atoms with E-state index in [1.807, 2.05) is 6.26 Å². The highest BCUT2D eigenvalue weighted by Gasteiger charge is 2.20. The number of thioether (sulfide) groups is 1. The minimum absolute atomic E-state index is 0. The van der Waals surface area contributed by atoms with Crippen molar-refractivity contribution in [2.45, 2.75) is 49.5 Å². The Balaban J connectivity index is 0.00000312. The molecule has 25 heavy (non-hydrogen) atoms. The number of nitrogens with one attached hydrogen (secondary N) is 2. The maximum absolute atomic E-state index is 12.3. The van der Waals surface area contributed by atoms with Gasteiger partial charge < -0.3 is 10.6 Å². The summed E-state index contributed by atoms with van der Waals surface area (Å²) in [7, 11) is 0. The predicted octanol–water partition coefficient (Wildman–Crippen LogP) is 3.78. The molecule has 140 valence electrons. The monoisotopic (exact) mass is 387 g/mol. The number of hydrogen-bond donors (Lipinski definition) is 2. The number of carbonyl (C=O) groups excluding carboxylic acids is 1. The molecule has 1 saturated carbocycles. The molecule has 0 bridgehead atoms. The minimum atomic E-state index is -0.511. The number of carbonyl (C=O) groups is 1. The largest absolute Gasteiger partial charge is 0.351 e. The fourth-order valence-electron chi connectivity index (χ4n) is 3.01. The van der Waals surface area contributed by atoms with E-state index in [0.717, 1.165) is 4.90 Å². The van der Waals surface area contributed by atoms with Gasteiger partial charge in [0.05, 0.1) is 4.92 Å². The van der Waals surface area contributed by atoms with Crippen molar-refractivity contribution < 1.29 is 9.72 Å². The number of benzene rings is 1. The maximum Gasteiger partial charge on any atom is 0.282 e. The Morgan fingerprint density at radius 3 is 2.52 bits per heavy atom. The van der Waals surface area contributed by atoms with Crippen LogP contribution in [0.5, 0.6) is 0 Å². The zero-order chi connectivity index (χ0) is 17.4. The molecule has 1 aliphatic carbocycles. The Morgan fingerprint density at radius 1 is 1.24 bits per heavy atom. The highest BCUT2D eigenvalue weighted by molar-refractivity contribution is 7.98. The van der Waals surface area contributed by atoms with Crippen molar-refractivity contribution in [1.29, 1.82) is 0 Å². The van der Waals surface area contributed by atoms with E-state index in [2.05, 4.69) is 10.6 Å². The molecule has 0 heterocycles. The van der Waals surface area contributed by atoms with Gasteiger partial charge in [0, 0.05) is 30.1 Å². The summed E-state index contributed by atoms with van der Waals surface area (Å²) in [6, 6.07) is 5.16. The van der Waals surface area contributed by atoms with Gasteiger partial charge in [0.2, 0.25) is 0 Å². The van der Waals surface area contributed by atoms with E-state index in [1.54, 1.807) is 12.1 Å². The minimum Gasteiger partial charge on any atom is -0.351 e. The summed E-state index contributed by atoms with van der Waals surface area (Å²) in [5.74, 6) is -0.389. The van der Waals surface area contributed by atoms with Gasteiger partial charge in [-0.1, -0.05) is 25.7 Å². The molecule has 1 fully saturated rings. The van der Waals surface area contributed by atoms with E-state index in [1.165, 1.54) is 56.4 Å². The first kappa shape index (κ1) is 21.7. The van der Waals surface area contributed by atoms with Gasteiger partial charge in [0.25, 0.3) is 11.6 Å². The molecule has 1 aromatic carbocycles. The van der Waals surface area contributed by atoms with Crippen LogP contribution in [0, 0.1) is 10.1 Å². The molecule has 2 N–H and O–H groups in total. The van der Waals surface area contributed by atoms with Crippen LogP contribution in [-0.4, -0.2) is 36.2 Å². The lowest BCUT2D eigenvalue weighted by atomic mass is 10.1. The molecule has 1 amide bonds. The van der Waals surface area contributed by atoms with E-state index in [4.69, 9.17) is 0 Å². The standard InChI is InChI=1S/C17H25N3O3S.ClH/c1-24-14-8-9-16(20(22)23)15(12-14)17(21)19-11-10-18-13-6-4-2-3-5-7-13;/h8-9,12-13,18H,2-7,10-11H2,1H3,(H,19,21);1H. The second-order valence-corrected chi connectivity index (χ2v) is 6.92. The SMILES string of the molecule is CSc1ccc([N+](=O)[O-])c(C(=O)NCCNC2CCCCCC2)c1.Cl. The second-order valence-electron chi connectivity index (χ2n) is 6.04. The highest BCUT2D eigenvalue weighted by atomic mass is 35.5. The molecule has 2 rings (SSSR count). The maximum atomic E-state index is 12.3. The quantitative estimate of drug-likeness (QED) is 0.244. The van der Waals surface area contributed by atoms with Crippen LogP contribution >= 0.6 is 24.2 Å². The van der Waals surface area contributed by atoms with Gasteiger partial charge in [-0.25, -0.2) is 0 Å². The third kappa shape index (κ3) is 6.84. The Hall–Kier alpha value is -1.31. The molecule has 0 aliphatic heterocycles. The zero-order valence-corrected chi connectivity index (χ0v) is 16.1. The number of halogens is 1. The lowest BCUT2D eigenvalue weighted by Gasteiger charge is -2.16. The van der Waals surface area contributed by atoms with Crippen molar-refractivity contribution in [3.63, 3.8) is 0 Å². The molecular formula is C17H26ClN3O3S. The number of nitro groups is 1. The first-order valence-electron chi connectivity index (χ1n) is 8.46. The fraction of sp³-hybridized carbons (Fsp3) is 0.588. The average Bonchev–Trinajstić information content (AvgIpc) is 2.86. The zero-order valence-electron chi connectivity index (χ0n) is 14.5. The van der Waals surface area contributed by atoms with Crippen molar-refractivity contribution >= 4 is 35.8 Å². The van der Waals surface area contributed by atoms with E-state index < -0.39 is 4.92 Å². The molecule has 1 aliphatic rings. The summed E-state index contributed by atoms with van der Waals surface area (Å²) in [6.45, 7) is 1.16. The Bertz CT molecular complexity index is 578. The summed E-state index contributed by atoms with van der Waals surface area (Å²) in [6.07, 6.45) is 9.40. The van der Waals surface area contributed by atoms with Crippen molar-refractivity contribution in [3.05, 3.63) is 33.9 Å². The number of rotatable bonds is 7. The smallest absolute Gasteiger partial charge is 0.282 e. The van der Waals surface area contributed by atoms with Crippen LogP contribution in [0.3, 0.4) is 0 Å². The Morgan fingerprint density at radius 2 is 1.92 bits per heavy atom. The second kappa shape index (κ2) is 11.3. The number of nitrogens with zero attached hydrogens (tertiary/aromatic N) is 1. The van der Waals surface area contributed by atoms with Crippen LogP contribution < -0.4 is 10.6 Å². The number of nitro benzene ring substituents is 1. The number of hydrogen-bond acceptors (Lipinski definition) is 5. The lowest BCUT2D eigenvalue weighted by molar-refractivity contribution is -0.385. The van der Waals surface area contributed by atoms with Gasteiger partial charge in [-0.15, -0.1) is 24.2 Å². The summed E-state index contributed by atoms with van der Waals surface area (Å²) in [4.78, 5) is 23.7. The molecule has 0 atom stereocenters. The summed E-state index contributed by atoms with van der Waals surface area (Å²) < 4.78 is 0. The molecule has 0 saturated heterocycles. The third-order valence-corrected chi connectivity index (χ3v) is 5.07. The molecular weight excluding hydrogens is 362 g/mol. The fourth-order valence-corrected chi connectivity index (χ4v) is 3.45. The van der Waals surface area contributed by atoms with Crippen molar-refractivity contribution in [3.8, 4) is 0 Å². The van der Waals surface area contributed by atoms with Crippen molar-refractivity contribution in [2.75, 3.05) is 19.3 Å². The van der Waals surface area contributed by atoms with E-state index in [9.17, 15) is 14.9 Å². The molecule has 0 aromatic heterocycles. The topological polar surface area (TPSA) is 84.3 Å². The normalized spacial score (nSPS) is 15.1. The van der Waals surface area contributed by atoms with Crippen molar-refractivity contribution in [1.82, 2.24) is 10.6 Å². The van der Waals surface area contributed by atoms with E-state index in [0.29, 0.717) is 19.1 Å². The van der Waals surface area contributed by atoms with Gasteiger partial charge in [0.15, 0.2) is 0 Å². The van der Waals surface area contributed by atoms with Crippen molar-refractivity contribution in [2.24, 2.45) is 0 Å². The van der Waals surface area contributed by atoms with Crippen LogP contribution in [0.2, 0.25) is 0 Å². The summed E-state index contributed by atoms with van der Waals surface area (Å²) in [5, 5.41) is 17.4. The van der Waals surface area contributed by atoms with Gasteiger partial charge in [-0.3, -0.25) is 14.9 Å². The van der Waals surface area contributed by atoms with Crippen LogP contribution in [0.1, 0.15) is 48.9 Å². The molecule has 0 radical (unpaired) electrons. The molecule has 0 spiro atoms. The molecule has 6 nitrogen and oxygen atoms in total. The van der Waals surface area contributed by atoms with Gasteiger partial charge in [-0.05, 0) is 31.2 Å². The first-order chi connectivity index (χ1) is 11.6. The highest BCUT2D eigenvalue weighted by Crippen LogP contribution is 2.24.